The maximum absolute atomic E-state index is 13.1. The summed E-state index contributed by atoms with van der Waals surface area (Å²) in [6, 6.07) is 15.9. The van der Waals surface area contributed by atoms with Gasteiger partial charge in [-0.15, -0.1) is 10.1 Å². The molecule has 2 aliphatic rings. The fraction of sp³-hybridized carbons (Fsp3) is 0.143. The molecule has 0 fully saturated rings. The summed E-state index contributed by atoms with van der Waals surface area (Å²) in [5, 5.41) is 9.72. The zero-order chi connectivity index (χ0) is 20.4. The Bertz CT molecular complexity index is 1040. The van der Waals surface area contributed by atoms with E-state index in [2.05, 4.69) is 4.84 Å². The first kappa shape index (κ1) is 18.4. The molecule has 29 heavy (non-hydrogen) atoms. The number of rotatable bonds is 5. The van der Waals surface area contributed by atoms with E-state index >= 15 is 0 Å². The first-order valence-electron chi connectivity index (χ1n) is 8.87. The minimum absolute atomic E-state index is 0.0739. The average molecular weight is 391 g/mol. The zero-order valence-corrected chi connectivity index (χ0v) is 15.5. The molecule has 0 N–H and O–H groups in total. The Labute approximate surface area is 166 Å². The van der Waals surface area contributed by atoms with Gasteiger partial charge in [0.1, 0.15) is 17.1 Å². The summed E-state index contributed by atoms with van der Waals surface area (Å²) in [6.45, 7) is 0. The number of benzene rings is 2. The summed E-state index contributed by atoms with van der Waals surface area (Å²) in [6.07, 6.45) is 5.30. The fourth-order valence-corrected chi connectivity index (χ4v) is 3.60. The van der Waals surface area contributed by atoms with Crippen LogP contribution in [-0.2, 0) is 15.1 Å². The summed E-state index contributed by atoms with van der Waals surface area (Å²) in [5.41, 5.74) is 0.588. The van der Waals surface area contributed by atoms with Crippen LogP contribution in [0.1, 0.15) is 17.5 Å². The molecule has 4 rings (SSSR count). The molecule has 0 aliphatic carbocycles. The van der Waals surface area contributed by atoms with E-state index in [0.717, 1.165) is 11.1 Å². The Morgan fingerprint density at radius 2 is 1.79 bits per heavy atom. The van der Waals surface area contributed by atoms with Gasteiger partial charge < -0.3 is 4.74 Å². The van der Waals surface area contributed by atoms with Gasteiger partial charge in [-0.1, -0.05) is 48.5 Å². The number of methoxy groups -OCH3 is 1. The van der Waals surface area contributed by atoms with Gasteiger partial charge in [-0.05, 0) is 35.4 Å². The summed E-state index contributed by atoms with van der Waals surface area (Å²) in [4.78, 5) is 34.6. The second-order valence-corrected chi connectivity index (χ2v) is 6.51. The second kappa shape index (κ2) is 7.23. The molecule has 1 atom stereocenters. The van der Waals surface area contributed by atoms with Crippen molar-refractivity contribution in [1.82, 2.24) is 4.90 Å². The minimum atomic E-state index is -0.974. The minimum Gasteiger partial charge on any atom is -0.482 e. The quantitative estimate of drug-likeness (QED) is 0.576. The van der Waals surface area contributed by atoms with E-state index in [0.29, 0.717) is 11.7 Å². The van der Waals surface area contributed by atoms with Crippen molar-refractivity contribution in [2.45, 2.75) is 12.0 Å². The predicted octanol–water partition coefficient (Wildman–Crippen LogP) is 3.19. The molecule has 0 saturated carbocycles. The number of amides is 1. The molecule has 146 valence electrons. The molecule has 2 heterocycles. The van der Waals surface area contributed by atoms with Crippen LogP contribution in [0.2, 0.25) is 0 Å². The van der Waals surface area contributed by atoms with Crippen LogP contribution in [-0.4, -0.2) is 28.8 Å². The normalized spacial score (nSPS) is 20.4. The molecule has 0 bridgehead atoms. The van der Waals surface area contributed by atoms with Crippen molar-refractivity contribution >= 4 is 11.7 Å². The number of nitrogens with zero attached hydrogens (tertiary/aromatic N) is 3. The molecule has 2 aromatic carbocycles. The van der Waals surface area contributed by atoms with Crippen LogP contribution in [0.25, 0.3) is 0 Å². The fourth-order valence-electron chi connectivity index (χ4n) is 3.60. The first-order valence-corrected chi connectivity index (χ1v) is 8.87. The smallest absolute Gasteiger partial charge is 0.299 e. The van der Waals surface area contributed by atoms with Crippen LogP contribution in [0.15, 0.2) is 83.7 Å². The highest BCUT2D eigenvalue weighted by Gasteiger charge is 2.44. The third-order valence-corrected chi connectivity index (χ3v) is 4.87. The lowest BCUT2D eigenvalue weighted by molar-refractivity contribution is -0.711. The first-order chi connectivity index (χ1) is 14.0. The van der Waals surface area contributed by atoms with Crippen molar-refractivity contribution in [3.63, 3.8) is 0 Å². The Morgan fingerprint density at radius 3 is 2.45 bits per heavy atom. The standard InChI is InChI=1S/C21H17N3O5/c1-28-20-9-5-8-18-22-21(14-19(25)23(18)20,15-6-3-2-4-7-15)16-10-12-17(13-11-16)29-24(26)27/h2-13H,14H2,1H3. The molecule has 2 aliphatic heterocycles. The number of aliphatic imine (C=N–C) groups is 1. The third kappa shape index (κ3) is 3.25. The Morgan fingerprint density at radius 1 is 1.10 bits per heavy atom. The molecule has 0 saturated heterocycles. The average Bonchev–Trinajstić information content (AvgIpc) is 2.73. The lowest BCUT2D eigenvalue weighted by Gasteiger charge is -2.39. The van der Waals surface area contributed by atoms with E-state index in [4.69, 9.17) is 9.73 Å². The molecule has 8 heteroatoms. The summed E-state index contributed by atoms with van der Waals surface area (Å²) in [5.74, 6) is 0.810. The number of hydrogen-bond donors (Lipinski definition) is 0. The number of ether oxygens (including phenoxy) is 1. The largest absolute Gasteiger partial charge is 0.482 e. The Balaban J connectivity index is 1.86. The molecule has 0 aromatic heterocycles. The van der Waals surface area contributed by atoms with E-state index in [1.54, 1.807) is 30.4 Å². The van der Waals surface area contributed by atoms with E-state index in [1.165, 1.54) is 24.1 Å². The molecule has 1 unspecified atom stereocenters. The van der Waals surface area contributed by atoms with Crippen molar-refractivity contribution in [2.24, 2.45) is 4.99 Å². The van der Waals surface area contributed by atoms with Gasteiger partial charge in [-0.25, -0.2) is 4.90 Å². The SMILES string of the molecule is COC1=CC=CC2=NC(c3ccccc3)(c3ccc(O[N+](=O)[O-])cc3)CC(=O)N12. The van der Waals surface area contributed by atoms with Crippen molar-refractivity contribution < 1.29 is 19.5 Å². The summed E-state index contributed by atoms with van der Waals surface area (Å²) >= 11 is 0. The third-order valence-electron chi connectivity index (χ3n) is 4.87. The van der Waals surface area contributed by atoms with E-state index in [1.807, 2.05) is 30.3 Å². The topological polar surface area (TPSA) is 94.3 Å². The highest BCUT2D eigenvalue weighted by molar-refractivity contribution is 6.09. The van der Waals surface area contributed by atoms with Crippen molar-refractivity contribution in [1.29, 1.82) is 0 Å². The van der Waals surface area contributed by atoms with E-state index < -0.39 is 10.6 Å². The van der Waals surface area contributed by atoms with Crippen LogP contribution in [0.3, 0.4) is 0 Å². The van der Waals surface area contributed by atoms with Crippen LogP contribution in [0.5, 0.6) is 5.75 Å². The molecule has 0 radical (unpaired) electrons. The van der Waals surface area contributed by atoms with Gasteiger partial charge in [0.05, 0.1) is 13.5 Å². The van der Waals surface area contributed by atoms with Crippen LogP contribution in [0.4, 0.5) is 0 Å². The van der Waals surface area contributed by atoms with Gasteiger partial charge in [0.25, 0.3) is 5.09 Å². The number of carbonyl (C=O) groups is 1. The van der Waals surface area contributed by atoms with Gasteiger partial charge in [0, 0.05) is 0 Å². The van der Waals surface area contributed by atoms with Crippen molar-refractivity contribution in [3.05, 3.63) is 99.9 Å². The predicted molar refractivity (Wildman–Crippen MR) is 104 cm³/mol. The number of amidine groups is 1. The monoisotopic (exact) mass is 391 g/mol. The van der Waals surface area contributed by atoms with Crippen molar-refractivity contribution in [3.8, 4) is 5.75 Å². The van der Waals surface area contributed by atoms with Gasteiger partial charge in [0.15, 0.2) is 0 Å². The van der Waals surface area contributed by atoms with Crippen LogP contribution < -0.4 is 4.84 Å². The molecule has 2 aromatic rings. The van der Waals surface area contributed by atoms with Crippen LogP contribution in [0, 0.1) is 10.1 Å². The molecule has 0 spiro atoms. The van der Waals surface area contributed by atoms with Gasteiger partial charge in [-0.2, -0.15) is 0 Å². The molecular formula is C21H17N3O5. The highest BCUT2D eigenvalue weighted by Crippen LogP contribution is 2.42. The molecule has 8 nitrogen and oxygen atoms in total. The maximum Gasteiger partial charge on any atom is 0.299 e. The lowest BCUT2D eigenvalue weighted by Crippen LogP contribution is -2.47. The summed E-state index contributed by atoms with van der Waals surface area (Å²) in [7, 11) is 1.50. The van der Waals surface area contributed by atoms with Gasteiger partial charge in [-0.3, -0.25) is 14.6 Å². The number of allylic oxidation sites excluding steroid dienone is 2. The Kier molecular flexibility index (Phi) is 4.59. The van der Waals surface area contributed by atoms with Gasteiger partial charge >= 0.3 is 0 Å². The highest BCUT2D eigenvalue weighted by atomic mass is 17.0. The van der Waals surface area contributed by atoms with E-state index in [-0.39, 0.29) is 18.1 Å². The maximum atomic E-state index is 13.1. The van der Waals surface area contributed by atoms with Crippen molar-refractivity contribution in [2.75, 3.05) is 7.11 Å². The van der Waals surface area contributed by atoms with E-state index in [9.17, 15) is 14.9 Å². The second-order valence-electron chi connectivity index (χ2n) is 6.51. The zero-order valence-electron chi connectivity index (χ0n) is 15.5. The number of hydrogen-bond acceptors (Lipinski definition) is 6. The summed E-state index contributed by atoms with van der Waals surface area (Å²) < 4.78 is 5.32. The molecule has 1 amide bonds. The van der Waals surface area contributed by atoms with Crippen LogP contribution >= 0.6 is 0 Å². The number of carbonyl (C=O) groups excluding carboxylic acids is 1. The van der Waals surface area contributed by atoms with Gasteiger partial charge in [0.2, 0.25) is 11.8 Å². The number of fused-ring (bicyclic) bond motifs is 1. The molecular weight excluding hydrogens is 374 g/mol. The lowest BCUT2D eigenvalue weighted by atomic mass is 9.79. The Hall–Kier alpha value is -3.94.